The van der Waals surface area contributed by atoms with Crippen molar-refractivity contribution in [3.8, 4) is 16.9 Å². The Morgan fingerprint density at radius 3 is 2.79 bits per heavy atom. The number of methoxy groups -OCH3 is 1. The van der Waals surface area contributed by atoms with Crippen LogP contribution in [0.5, 0.6) is 5.75 Å². The molecule has 94 valence electrons. The van der Waals surface area contributed by atoms with Gasteiger partial charge in [-0.3, -0.25) is 9.97 Å². The lowest BCUT2D eigenvalue weighted by molar-refractivity contribution is 0.419. The molecular formula is C15H11ClN2O. The number of hydrogen-bond acceptors (Lipinski definition) is 3. The quantitative estimate of drug-likeness (QED) is 0.707. The standard InChI is InChI=1S/C15H11ClN2O/c1-19-14-8-11(16)7-13-12(4-6-18-15(13)14)10-3-2-5-17-9-10/h2-9H,1H3. The Labute approximate surface area is 115 Å². The van der Waals surface area contributed by atoms with Crippen LogP contribution in [-0.2, 0) is 0 Å². The molecule has 0 N–H and O–H groups in total. The number of hydrogen-bond donors (Lipinski definition) is 0. The van der Waals surface area contributed by atoms with Crippen LogP contribution in [0.3, 0.4) is 0 Å². The third kappa shape index (κ3) is 2.13. The van der Waals surface area contributed by atoms with Gasteiger partial charge in [0.15, 0.2) is 0 Å². The summed E-state index contributed by atoms with van der Waals surface area (Å²) in [4.78, 5) is 8.52. The number of pyridine rings is 2. The van der Waals surface area contributed by atoms with Crippen molar-refractivity contribution in [2.45, 2.75) is 0 Å². The molecule has 3 aromatic rings. The molecule has 4 heteroatoms. The van der Waals surface area contributed by atoms with E-state index in [0.717, 1.165) is 22.0 Å². The van der Waals surface area contributed by atoms with Crippen LogP contribution in [0.4, 0.5) is 0 Å². The highest BCUT2D eigenvalue weighted by Gasteiger charge is 2.10. The Kier molecular flexibility index (Phi) is 3.05. The van der Waals surface area contributed by atoms with E-state index >= 15 is 0 Å². The number of nitrogens with zero attached hydrogens (tertiary/aromatic N) is 2. The summed E-state index contributed by atoms with van der Waals surface area (Å²) < 4.78 is 5.34. The van der Waals surface area contributed by atoms with Gasteiger partial charge in [0.05, 0.1) is 7.11 Å². The van der Waals surface area contributed by atoms with Crippen molar-refractivity contribution in [2.24, 2.45) is 0 Å². The molecule has 0 spiro atoms. The first-order valence-electron chi connectivity index (χ1n) is 5.82. The lowest BCUT2D eigenvalue weighted by Gasteiger charge is -2.09. The molecule has 2 heterocycles. The zero-order chi connectivity index (χ0) is 13.2. The average Bonchev–Trinajstić information content (AvgIpc) is 2.46. The summed E-state index contributed by atoms with van der Waals surface area (Å²) in [6, 6.07) is 9.53. The van der Waals surface area contributed by atoms with Crippen molar-refractivity contribution in [1.82, 2.24) is 9.97 Å². The minimum atomic E-state index is 0.627. The number of benzene rings is 1. The van der Waals surface area contributed by atoms with E-state index in [4.69, 9.17) is 16.3 Å². The molecule has 2 aromatic heterocycles. The molecule has 0 bridgehead atoms. The second kappa shape index (κ2) is 4.86. The summed E-state index contributed by atoms with van der Waals surface area (Å²) in [5.74, 6) is 0.674. The van der Waals surface area contributed by atoms with Crippen molar-refractivity contribution >= 4 is 22.5 Å². The normalized spacial score (nSPS) is 10.6. The number of rotatable bonds is 2. The summed E-state index contributed by atoms with van der Waals surface area (Å²) in [5, 5.41) is 1.59. The summed E-state index contributed by atoms with van der Waals surface area (Å²) >= 11 is 6.14. The highest BCUT2D eigenvalue weighted by molar-refractivity contribution is 6.31. The smallest absolute Gasteiger partial charge is 0.146 e. The van der Waals surface area contributed by atoms with Crippen LogP contribution in [0.1, 0.15) is 0 Å². The first-order chi connectivity index (χ1) is 9.29. The van der Waals surface area contributed by atoms with Gasteiger partial charge in [0.2, 0.25) is 0 Å². The molecule has 3 nitrogen and oxygen atoms in total. The SMILES string of the molecule is COc1cc(Cl)cc2c(-c3cccnc3)ccnc12. The van der Waals surface area contributed by atoms with Gasteiger partial charge in [-0.15, -0.1) is 0 Å². The van der Waals surface area contributed by atoms with E-state index in [1.54, 1.807) is 25.6 Å². The lowest BCUT2D eigenvalue weighted by Crippen LogP contribution is -1.90. The molecule has 0 aliphatic rings. The van der Waals surface area contributed by atoms with Crippen LogP contribution < -0.4 is 4.74 Å². The zero-order valence-electron chi connectivity index (χ0n) is 10.3. The minimum Gasteiger partial charge on any atom is -0.494 e. The van der Waals surface area contributed by atoms with E-state index in [9.17, 15) is 0 Å². The van der Waals surface area contributed by atoms with Crippen molar-refractivity contribution in [2.75, 3.05) is 7.11 Å². The maximum atomic E-state index is 6.14. The van der Waals surface area contributed by atoms with Gasteiger partial charge in [0.25, 0.3) is 0 Å². The lowest BCUT2D eigenvalue weighted by atomic mass is 10.0. The third-order valence-corrected chi connectivity index (χ3v) is 3.19. The molecule has 0 aliphatic carbocycles. The number of aromatic nitrogens is 2. The third-order valence-electron chi connectivity index (χ3n) is 2.97. The van der Waals surface area contributed by atoms with E-state index < -0.39 is 0 Å². The van der Waals surface area contributed by atoms with Crippen molar-refractivity contribution in [1.29, 1.82) is 0 Å². The molecule has 0 amide bonds. The Bertz CT molecular complexity index is 729. The molecule has 0 saturated heterocycles. The molecule has 0 fully saturated rings. The fourth-order valence-corrected chi connectivity index (χ4v) is 2.33. The molecule has 0 aliphatic heterocycles. The Morgan fingerprint density at radius 2 is 2.05 bits per heavy atom. The Hall–Kier alpha value is -2.13. The minimum absolute atomic E-state index is 0.627. The zero-order valence-corrected chi connectivity index (χ0v) is 11.1. The summed E-state index contributed by atoms with van der Waals surface area (Å²) in [5.41, 5.74) is 2.87. The van der Waals surface area contributed by atoms with E-state index in [1.165, 1.54) is 0 Å². The monoisotopic (exact) mass is 270 g/mol. The predicted molar refractivity (Wildman–Crippen MR) is 76.5 cm³/mol. The van der Waals surface area contributed by atoms with E-state index in [0.29, 0.717) is 10.8 Å². The summed E-state index contributed by atoms with van der Waals surface area (Å²) in [6.07, 6.45) is 5.34. The van der Waals surface area contributed by atoms with Crippen molar-refractivity contribution < 1.29 is 4.74 Å². The van der Waals surface area contributed by atoms with Gasteiger partial charge in [-0.25, -0.2) is 0 Å². The first-order valence-corrected chi connectivity index (χ1v) is 6.20. The van der Waals surface area contributed by atoms with Crippen LogP contribution in [0.15, 0.2) is 48.9 Å². The fourth-order valence-electron chi connectivity index (χ4n) is 2.12. The molecule has 0 unspecified atom stereocenters. The van der Waals surface area contributed by atoms with Gasteiger partial charge in [-0.05, 0) is 23.8 Å². The van der Waals surface area contributed by atoms with E-state index in [-0.39, 0.29) is 0 Å². The van der Waals surface area contributed by atoms with E-state index in [1.807, 2.05) is 30.5 Å². The van der Waals surface area contributed by atoms with Gasteiger partial charge in [0, 0.05) is 40.6 Å². The largest absolute Gasteiger partial charge is 0.494 e. The van der Waals surface area contributed by atoms with Gasteiger partial charge in [-0.1, -0.05) is 17.7 Å². The highest BCUT2D eigenvalue weighted by Crippen LogP contribution is 2.34. The number of ether oxygens (including phenoxy) is 1. The average molecular weight is 271 g/mol. The molecule has 3 rings (SSSR count). The Morgan fingerprint density at radius 1 is 1.16 bits per heavy atom. The Balaban J connectivity index is 2.35. The maximum Gasteiger partial charge on any atom is 0.146 e. The van der Waals surface area contributed by atoms with Crippen LogP contribution in [-0.4, -0.2) is 17.1 Å². The topological polar surface area (TPSA) is 35.0 Å². The van der Waals surface area contributed by atoms with Crippen LogP contribution in [0, 0.1) is 0 Å². The van der Waals surface area contributed by atoms with Crippen LogP contribution in [0.2, 0.25) is 5.02 Å². The van der Waals surface area contributed by atoms with Gasteiger partial charge in [0.1, 0.15) is 11.3 Å². The molecule has 1 aromatic carbocycles. The summed E-state index contributed by atoms with van der Waals surface area (Å²) in [6.45, 7) is 0. The van der Waals surface area contributed by atoms with Gasteiger partial charge < -0.3 is 4.74 Å². The van der Waals surface area contributed by atoms with E-state index in [2.05, 4.69) is 9.97 Å². The second-order valence-corrected chi connectivity index (χ2v) is 4.54. The second-order valence-electron chi connectivity index (χ2n) is 4.10. The highest BCUT2D eigenvalue weighted by atomic mass is 35.5. The van der Waals surface area contributed by atoms with Crippen molar-refractivity contribution in [3.05, 3.63) is 53.9 Å². The molecular weight excluding hydrogens is 260 g/mol. The van der Waals surface area contributed by atoms with Crippen LogP contribution in [0.25, 0.3) is 22.0 Å². The van der Waals surface area contributed by atoms with Crippen LogP contribution >= 0.6 is 11.6 Å². The van der Waals surface area contributed by atoms with Crippen molar-refractivity contribution in [3.63, 3.8) is 0 Å². The molecule has 19 heavy (non-hydrogen) atoms. The summed E-state index contributed by atoms with van der Waals surface area (Å²) in [7, 11) is 1.61. The molecule has 0 radical (unpaired) electrons. The maximum absolute atomic E-state index is 6.14. The van der Waals surface area contributed by atoms with Gasteiger partial charge in [-0.2, -0.15) is 0 Å². The number of halogens is 1. The predicted octanol–water partition coefficient (Wildman–Crippen LogP) is 3.96. The van der Waals surface area contributed by atoms with Gasteiger partial charge >= 0.3 is 0 Å². The fraction of sp³-hybridized carbons (Fsp3) is 0.0667. The molecule has 0 saturated carbocycles. The molecule has 0 atom stereocenters. The first kappa shape index (κ1) is 11.9. The number of fused-ring (bicyclic) bond motifs is 1.